The first-order valence-corrected chi connectivity index (χ1v) is 8.17. The zero-order chi connectivity index (χ0) is 17.9. The van der Waals surface area contributed by atoms with Crippen LogP contribution >= 0.6 is 0 Å². The summed E-state index contributed by atoms with van der Waals surface area (Å²) in [6.45, 7) is 2.72. The summed E-state index contributed by atoms with van der Waals surface area (Å²) in [6.07, 6.45) is -3.22. The third-order valence-corrected chi connectivity index (χ3v) is 3.97. The first-order valence-electron chi connectivity index (χ1n) is 8.17. The van der Waals surface area contributed by atoms with E-state index in [9.17, 15) is 13.2 Å². The van der Waals surface area contributed by atoms with Gasteiger partial charge in [0.1, 0.15) is 5.75 Å². The number of hydrogen-bond donors (Lipinski definition) is 0. The highest BCUT2D eigenvalue weighted by molar-refractivity contribution is 5.76. The van der Waals surface area contributed by atoms with Gasteiger partial charge in [-0.2, -0.15) is 13.2 Å². The van der Waals surface area contributed by atoms with Gasteiger partial charge in [-0.25, -0.2) is 4.98 Å². The van der Waals surface area contributed by atoms with E-state index < -0.39 is 12.0 Å². The Morgan fingerprint density at radius 1 is 1.00 bits per heavy atom. The molecule has 0 radical (unpaired) electrons. The second-order valence-electron chi connectivity index (χ2n) is 5.94. The van der Waals surface area contributed by atoms with E-state index in [1.807, 2.05) is 31.2 Å². The van der Waals surface area contributed by atoms with Gasteiger partial charge in [0.2, 0.25) is 5.82 Å². The van der Waals surface area contributed by atoms with E-state index in [2.05, 4.69) is 4.98 Å². The van der Waals surface area contributed by atoms with Gasteiger partial charge in [0.25, 0.3) is 0 Å². The van der Waals surface area contributed by atoms with E-state index in [1.54, 1.807) is 24.3 Å². The number of aryl methyl sites for hydroxylation is 2. The molecule has 0 atom stereocenters. The Labute approximate surface area is 144 Å². The molecule has 0 aliphatic heterocycles. The molecule has 25 heavy (non-hydrogen) atoms. The average Bonchev–Trinajstić information content (AvgIpc) is 2.95. The maximum Gasteiger partial charge on any atom is 0.449 e. The third kappa shape index (κ3) is 4.13. The molecule has 0 saturated heterocycles. The van der Waals surface area contributed by atoms with Crippen LogP contribution in [0.3, 0.4) is 0 Å². The van der Waals surface area contributed by atoms with Gasteiger partial charge >= 0.3 is 6.18 Å². The zero-order valence-electron chi connectivity index (χ0n) is 13.9. The van der Waals surface area contributed by atoms with E-state index >= 15 is 0 Å². The van der Waals surface area contributed by atoms with E-state index in [0.29, 0.717) is 30.5 Å². The van der Waals surface area contributed by atoms with E-state index in [0.717, 1.165) is 11.3 Å². The highest BCUT2D eigenvalue weighted by Gasteiger charge is 2.37. The summed E-state index contributed by atoms with van der Waals surface area (Å²) in [5.74, 6) is -0.0668. The van der Waals surface area contributed by atoms with Crippen LogP contribution in [0.15, 0.2) is 48.5 Å². The maximum absolute atomic E-state index is 13.2. The van der Waals surface area contributed by atoms with Crippen molar-refractivity contribution in [3.05, 3.63) is 59.9 Å². The molecular formula is C19H19F3N2O. The van der Waals surface area contributed by atoms with Crippen molar-refractivity contribution in [3.63, 3.8) is 0 Å². The van der Waals surface area contributed by atoms with Gasteiger partial charge in [-0.3, -0.25) is 0 Å². The molecule has 132 valence electrons. The molecule has 0 fully saturated rings. The number of halogens is 3. The predicted octanol–water partition coefficient (Wildman–Crippen LogP) is 5.22. The molecule has 3 nitrogen and oxygen atoms in total. The van der Waals surface area contributed by atoms with Crippen molar-refractivity contribution in [2.75, 3.05) is 6.61 Å². The molecule has 1 aromatic heterocycles. The molecule has 0 spiro atoms. The van der Waals surface area contributed by atoms with Crippen LogP contribution in [-0.4, -0.2) is 16.2 Å². The molecule has 2 aromatic carbocycles. The number of ether oxygens (including phenoxy) is 1. The van der Waals surface area contributed by atoms with Crippen LogP contribution < -0.4 is 4.74 Å². The summed E-state index contributed by atoms with van der Waals surface area (Å²) in [5, 5.41) is 0. The first kappa shape index (κ1) is 17.3. The molecule has 0 N–H and O–H groups in total. The Morgan fingerprint density at radius 2 is 1.72 bits per heavy atom. The Balaban J connectivity index is 1.62. The van der Waals surface area contributed by atoms with Crippen LogP contribution in [0, 0.1) is 6.92 Å². The highest BCUT2D eigenvalue weighted by atomic mass is 19.4. The van der Waals surface area contributed by atoms with Crippen LogP contribution in [0.2, 0.25) is 0 Å². The van der Waals surface area contributed by atoms with Crippen molar-refractivity contribution < 1.29 is 17.9 Å². The van der Waals surface area contributed by atoms with Crippen LogP contribution in [0.4, 0.5) is 13.2 Å². The van der Waals surface area contributed by atoms with Crippen LogP contribution in [0.1, 0.15) is 24.2 Å². The minimum Gasteiger partial charge on any atom is -0.494 e. The summed E-state index contributed by atoms with van der Waals surface area (Å²) in [4.78, 5) is 3.75. The minimum absolute atomic E-state index is 0.257. The van der Waals surface area contributed by atoms with Crippen molar-refractivity contribution in [1.29, 1.82) is 0 Å². The van der Waals surface area contributed by atoms with Crippen molar-refractivity contribution in [2.45, 2.75) is 32.5 Å². The van der Waals surface area contributed by atoms with Crippen LogP contribution in [0.25, 0.3) is 11.0 Å². The zero-order valence-corrected chi connectivity index (χ0v) is 13.9. The van der Waals surface area contributed by atoms with Crippen molar-refractivity contribution in [1.82, 2.24) is 9.55 Å². The van der Waals surface area contributed by atoms with Gasteiger partial charge in [0.05, 0.1) is 17.6 Å². The largest absolute Gasteiger partial charge is 0.494 e. The lowest BCUT2D eigenvalue weighted by atomic mass is 10.2. The first-order chi connectivity index (χ1) is 11.9. The fourth-order valence-electron chi connectivity index (χ4n) is 2.71. The van der Waals surface area contributed by atoms with E-state index in [4.69, 9.17) is 4.74 Å². The summed E-state index contributed by atoms with van der Waals surface area (Å²) >= 11 is 0. The van der Waals surface area contributed by atoms with E-state index in [-0.39, 0.29) is 6.54 Å². The van der Waals surface area contributed by atoms with Crippen molar-refractivity contribution in [2.24, 2.45) is 0 Å². The Morgan fingerprint density at radius 3 is 2.44 bits per heavy atom. The quantitative estimate of drug-likeness (QED) is 0.571. The second-order valence-corrected chi connectivity index (χ2v) is 5.94. The van der Waals surface area contributed by atoms with Gasteiger partial charge in [0.15, 0.2) is 0 Å². The lowest BCUT2D eigenvalue weighted by Gasteiger charge is -2.11. The fraction of sp³-hybridized carbons (Fsp3) is 0.316. The Kier molecular flexibility index (Phi) is 4.97. The second kappa shape index (κ2) is 7.17. The molecule has 3 rings (SSSR count). The molecule has 3 aromatic rings. The molecule has 1 heterocycles. The molecule has 0 aliphatic carbocycles. The fourth-order valence-corrected chi connectivity index (χ4v) is 2.71. The topological polar surface area (TPSA) is 27.1 Å². The number of rotatable bonds is 6. The molecule has 0 amide bonds. The lowest BCUT2D eigenvalue weighted by molar-refractivity contribution is -0.147. The smallest absolute Gasteiger partial charge is 0.449 e. The number of nitrogens with zero attached hydrogens (tertiary/aromatic N) is 2. The van der Waals surface area contributed by atoms with E-state index in [1.165, 1.54) is 4.57 Å². The maximum atomic E-state index is 13.2. The van der Waals surface area contributed by atoms with Gasteiger partial charge < -0.3 is 9.30 Å². The van der Waals surface area contributed by atoms with Gasteiger partial charge in [-0.05, 0) is 44.0 Å². The normalized spacial score (nSPS) is 11.8. The molecule has 0 aliphatic rings. The molecular weight excluding hydrogens is 329 g/mol. The number of fused-ring (bicyclic) bond motifs is 1. The molecule has 0 unspecified atom stereocenters. The van der Waals surface area contributed by atoms with Crippen LogP contribution in [-0.2, 0) is 12.7 Å². The van der Waals surface area contributed by atoms with Crippen molar-refractivity contribution in [3.8, 4) is 5.75 Å². The number of alkyl halides is 3. The summed E-state index contributed by atoms with van der Waals surface area (Å²) in [6, 6.07) is 14.4. The summed E-state index contributed by atoms with van der Waals surface area (Å²) < 4.78 is 46.5. The van der Waals surface area contributed by atoms with Crippen molar-refractivity contribution >= 4 is 11.0 Å². The Bertz CT molecular complexity index is 838. The van der Waals surface area contributed by atoms with Gasteiger partial charge in [-0.15, -0.1) is 0 Å². The average molecular weight is 348 g/mol. The summed E-state index contributed by atoms with van der Waals surface area (Å²) in [7, 11) is 0. The monoisotopic (exact) mass is 348 g/mol. The number of imidazole rings is 1. The number of unbranched alkanes of at least 4 members (excludes halogenated alkanes) is 1. The number of para-hydroxylation sites is 2. The predicted molar refractivity (Wildman–Crippen MR) is 90.6 cm³/mol. The van der Waals surface area contributed by atoms with Gasteiger partial charge in [-0.1, -0.05) is 29.8 Å². The Hall–Kier alpha value is -2.50. The number of hydrogen-bond acceptors (Lipinski definition) is 2. The molecule has 6 heteroatoms. The van der Waals surface area contributed by atoms with Gasteiger partial charge in [0, 0.05) is 6.54 Å². The molecule has 0 saturated carbocycles. The highest BCUT2D eigenvalue weighted by Crippen LogP contribution is 2.31. The number of aromatic nitrogens is 2. The number of benzene rings is 2. The van der Waals surface area contributed by atoms with Crippen LogP contribution in [0.5, 0.6) is 5.75 Å². The minimum atomic E-state index is -4.46. The molecule has 0 bridgehead atoms. The lowest BCUT2D eigenvalue weighted by Crippen LogP contribution is -2.15. The standard InChI is InChI=1S/C19H19F3N2O/c1-14-8-10-15(11-9-14)25-13-5-4-12-24-17-7-3-2-6-16(17)23-18(24)19(20,21)22/h2-3,6-11H,4-5,12-13H2,1H3. The third-order valence-electron chi connectivity index (χ3n) is 3.97. The summed E-state index contributed by atoms with van der Waals surface area (Å²) in [5.41, 5.74) is 2.03. The SMILES string of the molecule is Cc1ccc(OCCCCn2c(C(F)(F)F)nc3ccccc32)cc1.